The van der Waals surface area contributed by atoms with Crippen LogP contribution in [0, 0.1) is 11.7 Å². The van der Waals surface area contributed by atoms with E-state index in [0.717, 1.165) is 12.3 Å². The van der Waals surface area contributed by atoms with Crippen LogP contribution in [0.4, 0.5) is 4.39 Å². The molecular weight excluding hydrogens is 319 g/mol. The fourth-order valence-corrected chi connectivity index (χ4v) is 5.01. The first-order valence-electron chi connectivity index (χ1n) is 10.2. The van der Waals surface area contributed by atoms with Gasteiger partial charge in [0.15, 0.2) is 0 Å². The molecule has 4 rings (SSSR count). The molecule has 2 aromatic carbocycles. The fourth-order valence-electron chi connectivity index (χ4n) is 5.01. The van der Waals surface area contributed by atoms with Crippen LogP contribution in [-0.4, -0.2) is 0 Å². The second kappa shape index (κ2) is 7.78. The largest absolute Gasteiger partial charge is 0.207 e. The van der Waals surface area contributed by atoms with E-state index in [4.69, 9.17) is 0 Å². The molecule has 0 fully saturated rings. The van der Waals surface area contributed by atoms with Crippen molar-refractivity contribution in [2.45, 2.75) is 64.2 Å². The van der Waals surface area contributed by atoms with E-state index in [0.29, 0.717) is 5.92 Å². The smallest absolute Gasteiger partial charge is 0.123 e. The Labute approximate surface area is 157 Å². The van der Waals surface area contributed by atoms with Crippen LogP contribution in [-0.2, 0) is 25.7 Å². The molecule has 2 aliphatic rings. The van der Waals surface area contributed by atoms with Crippen LogP contribution < -0.4 is 0 Å². The van der Waals surface area contributed by atoms with Gasteiger partial charge >= 0.3 is 0 Å². The zero-order chi connectivity index (χ0) is 17.9. The summed E-state index contributed by atoms with van der Waals surface area (Å²) in [6, 6.07) is 11.9. The minimum Gasteiger partial charge on any atom is -0.207 e. The van der Waals surface area contributed by atoms with Gasteiger partial charge in [-0.3, -0.25) is 0 Å². The first-order chi connectivity index (χ1) is 12.7. The number of hydrogen-bond acceptors (Lipinski definition) is 0. The Kier molecular flexibility index (Phi) is 5.24. The summed E-state index contributed by atoms with van der Waals surface area (Å²) in [5.41, 5.74) is 7.76. The van der Waals surface area contributed by atoms with Crippen molar-refractivity contribution in [2.24, 2.45) is 5.92 Å². The predicted octanol–water partition coefficient (Wildman–Crippen LogP) is 6.56. The summed E-state index contributed by atoms with van der Waals surface area (Å²) in [4.78, 5) is 0. The maximum absolute atomic E-state index is 13.2. The van der Waals surface area contributed by atoms with Gasteiger partial charge in [-0.15, -0.1) is 0 Å². The van der Waals surface area contributed by atoms with Gasteiger partial charge in [-0.1, -0.05) is 36.4 Å². The Bertz CT molecular complexity index is 785. The topological polar surface area (TPSA) is 0 Å². The molecule has 0 amide bonds. The standard InChI is InChI=1S/C25H29F/c1-2-3-4-5-18-6-14-24-21(16-18)7-8-22-17-20(11-15-25(22)24)19-9-12-23(26)13-10-19/h2-3,7-10,12-13,18,20H,4-6,11,14-17H2,1H3/b3-2+. The van der Waals surface area contributed by atoms with Crippen molar-refractivity contribution in [3.63, 3.8) is 0 Å². The SMILES string of the molecule is C/C=C/CCC1CCc2c(ccc3c2CCC(c2ccc(F)cc2)C3)C1. The summed E-state index contributed by atoms with van der Waals surface area (Å²) < 4.78 is 13.2. The maximum atomic E-state index is 13.2. The Morgan fingerprint density at radius 3 is 2.35 bits per heavy atom. The molecule has 136 valence electrons. The number of halogens is 1. The summed E-state index contributed by atoms with van der Waals surface area (Å²) in [7, 11) is 0. The molecule has 0 N–H and O–H groups in total. The van der Waals surface area contributed by atoms with Crippen molar-refractivity contribution in [1.29, 1.82) is 0 Å². The van der Waals surface area contributed by atoms with Crippen LogP contribution in [0.2, 0.25) is 0 Å². The summed E-state index contributed by atoms with van der Waals surface area (Å²) in [5, 5.41) is 0. The normalized spacial score (nSPS) is 22.2. The number of allylic oxidation sites excluding steroid dienone is 2. The van der Waals surface area contributed by atoms with Crippen LogP contribution in [0.15, 0.2) is 48.6 Å². The molecular formula is C25H29F. The molecule has 2 unspecified atom stereocenters. The first-order valence-corrected chi connectivity index (χ1v) is 10.2. The molecule has 26 heavy (non-hydrogen) atoms. The van der Waals surface area contributed by atoms with E-state index >= 15 is 0 Å². The van der Waals surface area contributed by atoms with E-state index in [1.54, 1.807) is 28.8 Å². The molecule has 0 saturated carbocycles. The van der Waals surface area contributed by atoms with Crippen molar-refractivity contribution in [3.05, 3.63) is 82.2 Å². The summed E-state index contributed by atoms with van der Waals surface area (Å²) in [5.74, 6) is 1.26. The van der Waals surface area contributed by atoms with Gasteiger partial charge in [0.05, 0.1) is 0 Å². The molecule has 0 saturated heterocycles. The molecule has 2 aliphatic carbocycles. The third-order valence-electron chi connectivity index (χ3n) is 6.46. The van der Waals surface area contributed by atoms with E-state index < -0.39 is 0 Å². The lowest BCUT2D eigenvalue weighted by atomic mass is 9.73. The Morgan fingerprint density at radius 1 is 0.923 bits per heavy atom. The number of fused-ring (bicyclic) bond motifs is 3. The van der Waals surface area contributed by atoms with E-state index in [1.807, 2.05) is 12.1 Å². The van der Waals surface area contributed by atoms with Gasteiger partial charge in [-0.25, -0.2) is 4.39 Å². The van der Waals surface area contributed by atoms with E-state index in [1.165, 1.54) is 56.1 Å². The van der Waals surface area contributed by atoms with Gasteiger partial charge in [0.25, 0.3) is 0 Å². The molecule has 0 aromatic heterocycles. The Morgan fingerprint density at radius 2 is 1.62 bits per heavy atom. The van der Waals surface area contributed by atoms with Crippen LogP contribution in [0.1, 0.15) is 66.3 Å². The highest BCUT2D eigenvalue weighted by Gasteiger charge is 2.26. The molecule has 2 aromatic rings. The molecule has 2 atom stereocenters. The summed E-state index contributed by atoms with van der Waals surface area (Å²) >= 11 is 0. The lowest BCUT2D eigenvalue weighted by Gasteiger charge is -2.32. The third kappa shape index (κ3) is 3.63. The van der Waals surface area contributed by atoms with Crippen molar-refractivity contribution >= 4 is 0 Å². The quantitative estimate of drug-likeness (QED) is 0.549. The van der Waals surface area contributed by atoms with Crippen LogP contribution in [0.5, 0.6) is 0 Å². The number of benzene rings is 2. The van der Waals surface area contributed by atoms with Gasteiger partial charge in [-0.2, -0.15) is 0 Å². The highest BCUT2D eigenvalue weighted by atomic mass is 19.1. The number of hydrogen-bond donors (Lipinski definition) is 0. The molecule has 0 radical (unpaired) electrons. The van der Waals surface area contributed by atoms with Crippen LogP contribution in [0.3, 0.4) is 0 Å². The molecule has 0 bridgehead atoms. The zero-order valence-corrected chi connectivity index (χ0v) is 15.8. The highest BCUT2D eigenvalue weighted by Crippen LogP contribution is 2.38. The first kappa shape index (κ1) is 17.5. The monoisotopic (exact) mass is 348 g/mol. The predicted molar refractivity (Wildman–Crippen MR) is 107 cm³/mol. The van der Waals surface area contributed by atoms with Crippen LogP contribution in [0.25, 0.3) is 0 Å². The molecule has 0 nitrogen and oxygen atoms in total. The second-order valence-corrected chi connectivity index (χ2v) is 8.09. The minimum atomic E-state index is -0.136. The van der Waals surface area contributed by atoms with Gasteiger partial charge in [0, 0.05) is 0 Å². The van der Waals surface area contributed by atoms with Gasteiger partial charge < -0.3 is 0 Å². The van der Waals surface area contributed by atoms with Crippen molar-refractivity contribution in [2.75, 3.05) is 0 Å². The van der Waals surface area contributed by atoms with E-state index in [-0.39, 0.29) is 5.82 Å². The van der Waals surface area contributed by atoms with Crippen molar-refractivity contribution < 1.29 is 4.39 Å². The molecule has 0 spiro atoms. The van der Waals surface area contributed by atoms with Crippen molar-refractivity contribution in [3.8, 4) is 0 Å². The lowest BCUT2D eigenvalue weighted by Crippen LogP contribution is -2.20. The maximum Gasteiger partial charge on any atom is 0.123 e. The van der Waals surface area contributed by atoms with E-state index in [2.05, 4.69) is 31.2 Å². The van der Waals surface area contributed by atoms with E-state index in [9.17, 15) is 4.39 Å². The lowest BCUT2D eigenvalue weighted by molar-refractivity contribution is 0.427. The second-order valence-electron chi connectivity index (χ2n) is 8.09. The average Bonchev–Trinajstić information content (AvgIpc) is 2.68. The van der Waals surface area contributed by atoms with Gasteiger partial charge in [0.1, 0.15) is 5.82 Å². The van der Waals surface area contributed by atoms with Gasteiger partial charge in [-0.05, 0) is 110 Å². The Hall–Kier alpha value is -1.89. The van der Waals surface area contributed by atoms with Crippen molar-refractivity contribution in [1.82, 2.24) is 0 Å². The number of rotatable bonds is 4. The summed E-state index contributed by atoms with van der Waals surface area (Å²) in [6.07, 6.45) is 14.4. The fraction of sp³-hybridized carbons (Fsp3) is 0.440. The van der Waals surface area contributed by atoms with Gasteiger partial charge in [0.2, 0.25) is 0 Å². The van der Waals surface area contributed by atoms with Crippen LogP contribution >= 0.6 is 0 Å². The molecule has 0 heterocycles. The average molecular weight is 349 g/mol. The molecule has 1 heteroatoms. The highest BCUT2D eigenvalue weighted by molar-refractivity contribution is 5.45. The third-order valence-corrected chi connectivity index (χ3v) is 6.46. The Balaban J connectivity index is 1.50. The minimum absolute atomic E-state index is 0.136. The zero-order valence-electron chi connectivity index (χ0n) is 15.8. The molecule has 0 aliphatic heterocycles. The summed E-state index contributed by atoms with van der Waals surface area (Å²) in [6.45, 7) is 2.11.